The normalized spacial score (nSPS) is 18.7. The van der Waals surface area contributed by atoms with E-state index in [1.165, 1.54) is 0 Å². The summed E-state index contributed by atoms with van der Waals surface area (Å²) in [6.45, 7) is 5.76. The molecular weight excluding hydrogens is 292 g/mol. The summed E-state index contributed by atoms with van der Waals surface area (Å²) in [6.07, 6.45) is 3.70. The molecule has 0 aliphatic carbocycles. The summed E-state index contributed by atoms with van der Waals surface area (Å²) in [5.41, 5.74) is 2.71. The lowest BCUT2D eigenvalue weighted by molar-refractivity contribution is -0.141. The van der Waals surface area contributed by atoms with Crippen molar-refractivity contribution in [2.24, 2.45) is 5.92 Å². The van der Waals surface area contributed by atoms with Crippen molar-refractivity contribution in [3.63, 3.8) is 0 Å². The number of carboxylic acid groups (broad SMARTS) is 1. The molecule has 5 nitrogen and oxygen atoms in total. The van der Waals surface area contributed by atoms with E-state index in [4.69, 9.17) is 4.42 Å². The van der Waals surface area contributed by atoms with Crippen molar-refractivity contribution in [2.75, 3.05) is 18.0 Å². The Bertz CT molecular complexity index is 691. The molecule has 0 bridgehead atoms. The summed E-state index contributed by atoms with van der Waals surface area (Å²) in [5, 5.41) is 9.24. The molecule has 1 aromatic carbocycles. The molecule has 2 heterocycles. The lowest BCUT2D eigenvalue weighted by Gasteiger charge is -2.32. The number of nitrogens with zero attached hydrogens (tertiary/aromatic N) is 2. The van der Waals surface area contributed by atoms with Gasteiger partial charge in [0.1, 0.15) is 5.52 Å². The highest BCUT2D eigenvalue weighted by atomic mass is 16.4. The maximum absolute atomic E-state index is 11.2. The van der Waals surface area contributed by atoms with Gasteiger partial charge in [0.15, 0.2) is 11.5 Å². The maximum atomic E-state index is 11.2. The molecule has 2 aromatic rings. The topological polar surface area (TPSA) is 66.6 Å². The first-order valence-electron chi connectivity index (χ1n) is 8.50. The number of anilines is 1. The van der Waals surface area contributed by atoms with Crippen molar-refractivity contribution in [2.45, 2.75) is 45.4 Å². The smallest absolute Gasteiger partial charge is 0.308 e. The highest BCUT2D eigenvalue weighted by molar-refractivity contribution is 5.78. The van der Waals surface area contributed by atoms with Crippen molar-refractivity contribution in [1.29, 1.82) is 0 Å². The summed E-state index contributed by atoms with van der Waals surface area (Å²) in [5.74, 6) is 0.187. The van der Waals surface area contributed by atoms with Gasteiger partial charge in [-0.1, -0.05) is 13.8 Å². The average molecular weight is 316 g/mol. The number of aliphatic carboxylic acids is 1. The molecule has 1 aromatic heterocycles. The van der Waals surface area contributed by atoms with Crippen LogP contribution < -0.4 is 4.90 Å². The maximum Gasteiger partial charge on any atom is 0.308 e. The van der Waals surface area contributed by atoms with E-state index in [9.17, 15) is 9.90 Å². The van der Waals surface area contributed by atoms with E-state index in [2.05, 4.69) is 23.7 Å². The van der Waals surface area contributed by atoms with Gasteiger partial charge in [-0.05, 0) is 43.9 Å². The van der Waals surface area contributed by atoms with Crippen LogP contribution in [0, 0.1) is 5.92 Å². The Balaban J connectivity index is 1.86. The zero-order valence-corrected chi connectivity index (χ0v) is 13.8. The molecule has 1 N–H and O–H groups in total. The van der Waals surface area contributed by atoms with E-state index >= 15 is 0 Å². The SMILES string of the molecule is CCC(CC)c1nc2cc(N3CCCC(C(=O)O)C3)ccc2o1. The Kier molecular flexibility index (Phi) is 4.55. The first-order valence-corrected chi connectivity index (χ1v) is 8.50. The first kappa shape index (κ1) is 15.8. The Labute approximate surface area is 136 Å². The predicted molar refractivity (Wildman–Crippen MR) is 89.9 cm³/mol. The number of oxazole rings is 1. The van der Waals surface area contributed by atoms with Gasteiger partial charge in [-0.25, -0.2) is 4.98 Å². The van der Waals surface area contributed by atoms with Crippen LogP contribution in [-0.2, 0) is 4.79 Å². The van der Waals surface area contributed by atoms with Crippen LogP contribution in [0.1, 0.15) is 51.3 Å². The van der Waals surface area contributed by atoms with Gasteiger partial charge < -0.3 is 14.4 Å². The van der Waals surface area contributed by atoms with Crippen LogP contribution in [0.15, 0.2) is 22.6 Å². The van der Waals surface area contributed by atoms with E-state index in [1.54, 1.807) is 0 Å². The molecule has 0 radical (unpaired) electrons. The Hall–Kier alpha value is -2.04. The lowest BCUT2D eigenvalue weighted by Crippen LogP contribution is -2.38. The van der Waals surface area contributed by atoms with E-state index in [0.717, 1.165) is 54.9 Å². The van der Waals surface area contributed by atoms with Gasteiger partial charge in [-0.3, -0.25) is 4.79 Å². The van der Waals surface area contributed by atoms with Crippen molar-refractivity contribution < 1.29 is 14.3 Å². The molecule has 1 atom stereocenters. The summed E-state index contributed by atoms with van der Waals surface area (Å²) in [4.78, 5) is 18.0. The van der Waals surface area contributed by atoms with Gasteiger partial charge >= 0.3 is 5.97 Å². The highest BCUT2D eigenvalue weighted by Gasteiger charge is 2.26. The third kappa shape index (κ3) is 3.19. The molecule has 1 aliphatic rings. The number of carbonyl (C=O) groups is 1. The molecule has 0 saturated carbocycles. The quantitative estimate of drug-likeness (QED) is 0.902. The molecule has 3 rings (SSSR count). The van der Waals surface area contributed by atoms with Crippen LogP contribution in [0.2, 0.25) is 0 Å². The zero-order valence-electron chi connectivity index (χ0n) is 13.8. The average Bonchev–Trinajstić information content (AvgIpc) is 2.99. The molecule has 23 heavy (non-hydrogen) atoms. The fraction of sp³-hybridized carbons (Fsp3) is 0.556. The van der Waals surface area contributed by atoms with Crippen LogP contribution in [0.5, 0.6) is 0 Å². The third-order valence-electron chi connectivity index (χ3n) is 4.86. The largest absolute Gasteiger partial charge is 0.481 e. The lowest BCUT2D eigenvalue weighted by atomic mass is 9.98. The fourth-order valence-corrected chi connectivity index (χ4v) is 3.36. The fourth-order valence-electron chi connectivity index (χ4n) is 3.36. The molecule has 1 saturated heterocycles. The molecule has 1 fully saturated rings. The predicted octanol–water partition coefficient (Wildman–Crippen LogP) is 4.03. The van der Waals surface area contributed by atoms with Gasteiger partial charge in [0.05, 0.1) is 5.92 Å². The second-order valence-corrected chi connectivity index (χ2v) is 6.34. The van der Waals surface area contributed by atoms with Crippen LogP contribution in [0.3, 0.4) is 0 Å². The number of aromatic nitrogens is 1. The van der Waals surface area contributed by atoms with Gasteiger partial charge in [0.25, 0.3) is 0 Å². The van der Waals surface area contributed by atoms with Crippen LogP contribution in [0.4, 0.5) is 5.69 Å². The minimum Gasteiger partial charge on any atom is -0.481 e. The molecule has 5 heteroatoms. The Morgan fingerprint density at radius 2 is 2.22 bits per heavy atom. The second kappa shape index (κ2) is 6.60. The van der Waals surface area contributed by atoms with Gasteiger partial charge in [0.2, 0.25) is 0 Å². The van der Waals surface area contributed by atoms with Crippen molar-refractivity contribution in [3.8, 4) is 0 Å². The van der Waals surface area contributed by atoms with Gasteiger partial charge in [0, 0.05) is 24.7 Å². The van der Waals surface area contributed by atoms with Crippen LogP contribution in [-0.4, -0.2) is 29.1 Å². The molecular formula is C18H24N2O3. The van der Waals surface area contributed by atoms with Crippen molar-refractivity contribution in [3.05, 3.63) is 24.1 Å². The highest BCUT2D eigenvalue weighted by Crippen LogP contribution is 2.30. The minimum atomic E-state index is -0.701. The number of piperidine rings is 1. The zero-order chi connectivity index (χ0) is 16.4. The number of benzene rings is 1. The van der Waals surface area contributed by atoms with Gasteiger partial charge in [-0.2, -0.15) is 0 Å². The Morgan fingerprint density at radius 1 is 1.43 bits per heavy atom. The summed E-state index contributed by atoms with van der Waals surface area (Å²) >= 11 is 0. The van der Waals surface area contributed by atoms with E-state index in [-0.39, 0.29) is 5.92 Å². The van der Waals surface area contributed by atoms with Crippen molar-refractivity contribution >= 4 is 22.8 Å². The second-order valence-electron chi connectivity index (χ2n) is 6.34. The van der Waals surface area contributed by atoms with E-state index in [0.29, 0.717) is 12.5 Å². The van der Waals surface area contributed by atoms with Gasteiger partial charge in [-0.15, -0.1) is 0 Å². The van der Waals surface area contributed by atoms with Crippen molar-refractivity contribution in [1.82, 2.24) is 4.98 Å². The number of carboxylic acids is 1. The third-order valence-corrected chi connectivity index (χ3v) is 4.86. The van der Waals surface area contributed by atoms with Crippen LogP contribution in [0.25, 0.3) is 11.1 Å². The molecule has 0 spiro atoms. The minimum absolute atomic E-state index is 0.281. The molecule has 0 amide bonds. The number of hydrogen-bond donors (Lipinski definition) is 1. The number of rotatable bonds is 5. The summed E-state index contributed by atoms with van der Waals surface area (Å²) < 4.78 is 5.89. The first-order chi connectivity index (χ1) is 11.1. The standard InChI is InChI=1S/C18H24N2O3/c1-3-12(4-2)17-19-15-10-14(7-8-16(15)23-17)20-9-5-6-13(11-20)18(21)22/h7-8,10,12-13H,3-6,9,11H2,1-2H3,(H,21,22). The van der Waals surface area contributed by atoms with E-state index < -0.39 is 5.97 Å². The molecule has 1 aliphatic heterocycles. The van der Waals surface area contributed by atoms with Crippen LogP contribution >= 0.6 is 0 Å². The summed E-state index contributed by atoms with van der Waals surface area (Å²) in [6, 6.07) is 5.98. The number of hydrogen-bond acceptors (Lipinski definition) is 4. The molecule has 124 valence electrons. The number of fused-ring (bicyclic) bond motifs is 1. The van der Waals surface area contributed by atoms with E-state index in [1.807, 2.05) is 18.2 Å². The molecule has 1 unspecified atom stereocenters. The monoisotopic (exact) mass is 316 g/mol. The Morgan fingerprint density at radius 3 is 2.91 bits per heavy atom. The summed E-state index contributed by atoms with van der Waals surface area (Å²) in [7, 11) is 0.